The van der Waals surface area contributed by atoms with E-state index in [1.807, 2.05) is 51.1 Å². The quantitative estimate of drug-likeness (QED) is 0.788. The third-order valence-electron chi connectivity index (χ3n) is 4.79. The fourth-order valence-electron chi connectivity index (χ4n) is 3.26. The van der Waals surface area contributed by atoms with Crippen molar-refractivity contribution >= 4 is 12.2 Å². The number of carbonyl (C=O) groups is 2. The van der Waals surface area contributed by atoms with Crippen molar-refractivity contribution in [3.8, 4) is 0 Å². The lowest BCUT2D eigenvalue weighted by atomic mass is 10.1. The molecule has 0 bridgehead atoms. The van der Waals surface area contributed by atoms with Crippen molar-refractivity contribution in [2.45, 2.75) is 58.0 Å². The lowest BCUT2D eigenvalue weighted by molar-refractivity contribution is -0.101. The Morgan fingerprint density at radius 3 is 2.21 bits per heavy atom. The normalized spacial score (nSPS) is 18.5. The highest BCUT2D eigenvalue weighted by Gasteiger charge is 2.35. The van der Waals surface area contributed by atoms with Crippen molar-refractivity contribution in [2.75, 3.05) is 26.2 Å². The predicted octanol–water partition coefficient (Wildman–Crippen LogP) is 3.42. The van der Waals surface area contributed by atoms with Gasteiger partial charge in [-0.1, -0.05) is 30.3 Å². The van der Waals surface area contributed by atoms with Crippen LogP contribution in [-0.2, 0) is 20.8 Å². The third-order valence-corrected chi connectivity index (χ3v) is 4.79. The number of piperidine rings is 1. The molecule has 1 aromatic rings. The van der Waals surface area contributed by atoms with Crippen LogP contribution in [0.25, 0.3) is 0 Å². The molecular weight excluding hydrogens is 360 g/mol. The molecule has 0 spiro atoms. The summed E-state index contributed by atoms with van der Waals surface area (Å²) in [6.07, 6.45) is 1.17. The van der Waals surface area contributed by atoms with E-state index in [4.69, 9.17) is 14.2 Å². The van der Waals surface area contributed by atoms with Crippen molar-refractivity contribution in [2.24, 2.45) is 0 Å². The summed E-state index contributed by atoms with van der Waals surface area (Å²) in [4.78, 5) is 27.5. The summed E-state index contributed by atoms with van der Waals surface area (Å²) in [6, 6.07) is 9.63. The van der Waals surface area contributed by atoms with Crippen LogP contribution in [0.5, 0.6) is 0 Å². The van der Waals surface area contributed by atoms with Crippen LogP contribution < -0.4 is 0 Å². The molecule has 2 aliphatic heterocycles. The Bertz CT molecular complexity index is 659. The Balaban J connectivity index is 1.31. The summed E-state index contributed by atoms with van der Waals surface area (Å²) in [6.45, 7) is 8.27. The molecule has 3 rings (SSSR count). The SMILES string of the molecule is CC(C)(C)OC(=O)N1CCC(OC2CN(C(=O)OCc3ccccc3)C2)CC1. The smallest absolute Gasteiger partial charge is 0.410 e. The molecule has 2 heterocycles. The van der Waals surface area contributed by atoms with Gasteiger partial charge >= 0.3 is 12.2 Å². The van der Waals surface area contributed by atoms with Gasteiger partial charge in [0.15, 0.2) is 0 Å². The Morgan fingerprint density at radius 1 is 0.964 bits per heavy atom. The predicted molar refractivity (Wildman–Crippen MR) is 104 cm³/mol. The van der Waals surface area contributed by atoms with Crippen molar-refractivity contribution in [3.05, 3.63) is 35.9 Å². The molecule has 0 atom stereocenters. The maximum absolute atomic E-state index is 12.1. The van der Waals surface area contributed by atoms with Crippen LogP contribution in [0.2, 0.25) is 0 Å². The van der Waals surface area contributed by atoms with E-state index < -0.39 is 5.60 Å². The zero-order valence-corrected chi connectivity index (χ0v) is 16.9. The second-order valence-corrected chi connectivity index (χ2v) is 8.37. The second-order valence-electron chi connectivity index (χ2n) is 8.37. The topological polar surface area (TPSA) is 68.3 Å². The number of hydrogen-bond donors (Lipinski definition) is 0. The molecule has 0 unspecified atom stereocenters. The molecule has 7 heteroatoms. The maximum atomic E-state index is 12.1. The molecule has 2 saturated heterocycles. The van der Waals surface area contributed by atoms with Crippen molar-refractivity contribution in [3.63, 3.8) is 0 Å². The summed E-state index contributed by atoms with van der Waals surface area (Å²) in [5.74, 6) is 0. The monoisotopic (exact) mass is 390 g/mol. The largest absolute Gasteiger partial charge is 0.445 e. The maximum Gasteiger partial charge on any atom is 0.410 e. The standard InChI is InChI=1S/C21H30N2O5/c1-21(2,3)28-20(25)22-11-9-17(10-12-22)27-18-13-23(14-18)19(24)26-15-16-7-5-4-6-8-16/h4-8,17-18H,9-15H2,1-3H3. The Kier molecular flexibility index (Phi) is 6.44. The summed E-state index contributed by atoms with van der Waals surface area (Å²) >= 11 is 0. The molecule has 0 radical (unpaired) electrons. The van der Waals surface area contributed by atoms with Crippen molar-refractivity contribution < 1.29 is 23.8 Å². The minimum Gasteiger partial charge on any atom is -0.445 e. The van der Waals surface area contributed by atoms with Crippen LogP contribution in [-0.4, -0.2) is 66.0 Å². The molecule has 2 amide bonds. The zero-order valence-electron chi connectivity index (χ0n) is 16.9. The van der Waals surface area contributed by atoms with Gasteiger partial charge in [-0.3, -0.25) is 0 Å². The highest BCUT2D eigenvalue weighted by Crippen LogP contribution is 2.22. The Morgan fingerprint density at radius 2 is 1.61 bits per heavy atom. The number of likely N-dealkylation sites (tertiary alicyclic amines) is 2. The summed E-state index contributed by atoms with van der Waals surface area (Å²) in [7, 11) is 0. The lowest BCUT2D eigenvalue weighted by Gasteiger charge is -2.41. The van der Waals surface area contributed by atoms with Crippen LogP contribution in [0.1, 0.15) is 39.2 Å². The molecule has 0 N–H and O–H groups in total. The minimum absolute atomic E-state index is 0.0438. The van der Waals surface area contributed by atoms with E-state index in [9.17, 15) is 9.59 Å². The molecule has 0 aliphatic carbocycles. The molecule has 154 valence electrons. The van der Waals surface area contributed by atoms with Crippen LogP contribution in [0.15, 0.2) is 30.3 Å². The van der Waals surface area contributed by atoms with Gasteiger partial charge in [0.25, 0.3) is 0 Å². The van der Waals surface area contributed by atoms with Crippen molar-refractivity contribution in [1.82, 2.24) is 9.80 Å². The van der Waals surface area contributed by atoms with Crippen LogP contribution in [0.4, 0.5) is 9.59 Å². The van der Waals surface area contributed by atoms with Gasteiger partial charge in [-0.05, 0) is 39.2 Å². The molecular formula is C21H30N2O5. The molecule has 0 saturated carbocycles. The number of amides is 2. The molecule has 1 aromatic carbocycles. The summed E-state index contributed by atoms with van der Waals surface area (Å²) < 4.78 is 16.8. The number of hydrogen-bond acceptors (Lipinski definition) is 5. The van der Waals surface area contributed by atoms with Crippen LogP contribution in [0.3, 0.4) is 0 Å². The summed E-state index contributed by atoms with van der Waals surface area (Å²) in [5, 5.41) is 0. The van der Waals surface area contributed by atoms with E-state index >= 15 is 0 Å². The van der Waals surface area contributed by atoms with Gasteiger partial charge < -0.3 is 24.0 Å². The van der Waals surface area contributed by atoms with Gasteiger partial charge in [-0.2, -0.15) is 0 Å². The zero-order chi connectivity index (χ0) is 20.1. The minimum atomic E-state index is -0.477. The first-order chi connectivity index (χ1) is 13.3. The van der Waals surface area contributed by atoms with Crippen LogP contribution >= 0.6 is 0 Å². The third kappa shape index (κ3) is 5.86. The number of carbonyl (C=O) groups excluding carboxylic acids is 2. The van der Waals surface area contributed by atoms with E-state index in [1.165, 1.54) is 0 Å². The van der Waals surface area contributed by atoms with Gasteiger partial charge in [0.05, 0.1) is 25.3 Å². The number of benzene rings is 1. The van der Waals surface area contributed by atoms with E-state index in [0.717, 1.165) is 18.4 Å². The Labute approximate surface area is 166 Å². The van der Waals surface area contributed by atoms with Crippen LogP contribution in [0, 0.1) is 0 Å². The first-order valence-corrected chi connectivity index (χ1v) is 9.89. The molecule has 2 aliphatic rings. The molecule has 0 aromatic heterocycles. The molecule has 2 fully saturated rings. The van der Waals surface area contributed by atoms with Gasteiger partial charge in [-0.25, -0.2) is 9.59 Å². The number of ether oxygens (including phenoxy) is 3. The first kappa shape index (κ1) is 20.5. The fourth-order valence-corrected chi connectivity index (χ4v) is 3.26. The van der Waals surface area contributed by atoms with Gasteiger partial charge in [0.1, 0.15) is 12.2 Å². The lowest BCUT2D eigenvalue weighted by Crippen LogP contribution is -2.56. The van der Waals surface area contributed by atoms with E-state index in [0.29, 0.717) is 26.2 Å². The highest BCUT2D eigenvalue weighted by molar-refractivity contribution is 5.69. The van der Waals surface area contributed by atoms with Gasteiger partial charge in [-0.15, -0.1) is 0 Å². The van der Waals surface area contributed by atoms with Gasteiger partial charge in [0, 0.05) is 13.1 Å². The average Bonchev–Trinajstić information content (AvgIpc) is 2.62. The summed E-state index contributed by atoms with van der Waals surface area (Å²) in [5.41, 5.74) is 0.496. The van der Waals surface area contributed by atoms with E-state index in [-0.39, 0.29) is 31.0 Å². The fraction of sp³-hybridized carbons (Fsp3) is 0.619. The average molecular weight is 390 g/mol. The number of nitrogens with zero attached hydrogens (tertiary/aromatic N) is 2. The van der Waals surface area contributed by atoms with Gasteiger partial charge in [0.2, 0.25) is 0 Å². The van der Waals surface area contributed by atoms with Crippen molar-refractivity contribution in [1.29, 1.82) is 0 Å². The number of rotatable bonds is 4. The Hall–Kier alpha value is -2.28. The molecule has 28 heavy (non-hydrogen) atoms. The van der Waals surface area contributed by atoms with E-state index in [1.54, 1.807) is 9.80 Å². The van der Waals surface area contributed by atoms with E-state index in [2.05, 4.69) is 0 Å². The second kappa shape index (κ2) is 8.82. The first-order valence-electron chi connectivity index (χ1n) is 9.89. The highest BCUT2D eigenvalue weighted by atomic mass is 16.6. The molecule has 7 nitrogen and oxygen atoms in total.